The molecule has 2 aliphatic rings. The van der Waals surface area contributed by atoms with Gasteiger partial charge in [0.15, 0.2) is 0 Å². The Morgan fingerprint density at radius 1 is 0.818 bits per heavy atom. The molecule has 158 valence electrons. The fraction of sp³-hybridized carbons (Fsp3) is 0.138. The molecule has 0 atom stereocenters. The molecule has 0 unspecified atom stereocenters. The zero-order valence-electron chi connectivity index (χ0n) is 19.0. The maximum atomic E-state index is 9.87. The van der Waals surface area contributed by atoms with Crippen molar-refractivity contribution in [1.82, 2.24) is 0 Å². The van der Waals surface area contributed by atoms with Crippen molar-refractivity contribution in [3.8, 4) is 6.07 Å². The van der Waals surface area contributed by atoms with Crippen LogP contribution in [0, 0.1) is 11.3 Å². The van der Waals surface area contributed by atoms with Gasteiger partial charge in [-0.05, 0) is 58.3 Å². The Hall–Kier alpha value is -3.42. The summed E-state index contributed by atoms with van der Waals surface area (Å²) in [5.41, 5.74) is 9.56. The Morgan fingerprint density at radius 3 is 2.30 bits per heavy atom. The van der Waals surface area contributed by atoms with Crippen molar-refractivity contribution in [1.29, 1.82) is 5.26 Å². The molecule has 0 spiro atoms. The second kappa shape index (κ2) is 7.30. The summed E-state index contributed by atoms with van der Waals surface area (Å²) in [5, 5.41) is 9.87. The molecule has 0 bridgehead atoms. The van der Waals surface area contributed by atoms with Crippen LogP contribution in [-0.2, 0) is 5.41 Å². The quantitative estimate of drug-likeness (QED) is 0.309. The second-order valence-electron chi connectivity index (χ2n) is 9.76. The smallest absolute Gasteiger partial charge is 0.249 e. The number of hydrogen-bond acceptors (Lipinski definition) is 3. The average Bonchev–Trinajstić information content (AvgIpc) is 2.83. The molecular formula is C29H23BN2S. The molecule has 0 N–H and O–H groups in total. The minimum absolute atomic E-state index is 0.00985. The second-order valence-corrected chi connectivity index (χ2v) is 10.8. The summed E-state index contributed by atoms with van der Waals surface area (Å²) in [6.07, 6.45) is 0. The van der Waals surface area contributed by atoms with Gasteiger partial charge in [0.05, 0.1) is 5.56 Å². The third-order valence-corrected chi connectivity index (χ3v) is 7.93. The zero-order valence-corrected chi connectivity index (χ0v) is 19.8. The SMILES string of the molecule is CC(C)(C)c1cc2c3c(c1)N(c1ccccc1)c1ccccc1B3c1cccc(C#N)c1S2. The molecule has 0 amide bonds. The van der Waals surface area contributed by atoms with Crippen molar-refractivity contribution in [2.75, 3.05) is 4.90 Å². The fourth-order valence-electron chi connectivity index (χ4n) is 5.10. The largest absolute Gasteiger partial charge is 0.311 e. The molecule has 0 saturated heterocycles. The fourth-order valence-corrected chi connectivity index (χ4v) is 6.36. The summed E-state index contributed by atoms with van der Waals surface area (Å²) < 4.78 is 0. The molecule has 0 fully saturated rings. The van der Waals surface area contributed by atoms with Crippen LogP contribution in [0.4, 0.5) is 17.1 Å². The van der Waals surface area contributed by atoms with Gasteiger partial charge in [-0.1, -0.05) is 86.5 Å². The number of anilines is 3. The summed E-state index contributed by atoms with van der Waals surface area (Å²) in [7, 11) is 0. The first kappa shape index (κ1) is 20.2. The van der Waals surface area contributed by atoms with E-state index in [2.05, 4.69) is 105 Å². The molecule has 6 rings (SSSR count). The molecule has 2 heterocycles. The van der Waals surface area contributed by atoms with Crippen molar-refractivity contribution in [3.05, 3.63) is 96.1 Å². The van der Waals surface area contributed by atoms with E-state index in [9.17, 15) is 5.26 Å². The maximum absolute atomic E-state index is 9.87. The van der Waals surface area contributed by atoms with E-state index >= 15 is 0 Å². The third kappa shape index (κ3) is 3.04. The van der Waals surface area contributed by atoms with Crippen LogP contribution in [-0.4, -0.2) is 6.71 Å². The molecule has 2 nitrogen and oxygen atoms in total. The van der Waals surface area contributed by atoms with Gasteiger partial charge < -0.3 is 4.90 Å². The Kier molecular flexibility index (Phi) is 4.47. The first-order chi connectivity index (χ1) is 16.0. The summed E-state index contributed by atoms with van der Waals surface area (Å²) >= 11 is 1.75. The van der Waals surface area contributed by atoms with Crippen LogP contribution in [0.5, 0.6) is 0 Å². The highest BCUT2D eigenvalue weighted by Crippen LogP contribution is 2.44. The first-order valence-electron chi connectivity index (χ1n) is 11.3. The Labute approximate surface area is 200 Å². The number of hydrogen-bond donors (Lipinski definition) is 0. The van der Waals surface area contributed by atoms with Crippen LogP contribution >= 0.6 is 11.8 Å². The predicted molar refractivity (Wildman–Crippen MR) is 140 cm³/mol. The van der Waals surface area contributed by atoms with E-state index in [-0.39, 0.29) is 12.1 Å². The zero-order chi connectivity index (χ0) is 22.7. The molecule has 0 aliphatic carbocycles. The predicted octanol–water partition coefficient (Wildman–Crippen LogP) is 5.62. The Balaban J connectivity index is 1.73. The Morgan fingerprint density at radius 2 is 1.55 bits per heavy atom. The number of para-hydroxylation sites is 2. The number of rotatable bonds is 1. The normalized spacial score (nSPS) is 13.6. The van der Waals surface area contributed by atoms with E-state index in [4.69, 9.17) is 0 Å². The molecule has 33 heavy (non-hydrogen) atoms. The molecule has 0 aromatic heterocycles. The number of nitriles is 1. The van der Waals surface area contributed by atoms with Gasteiger partial charge in [-0.25, -0.2) is 0 Å². The van der Waals surface area contributed by atoms with Gasteiger partial charge in [-0.15, -0.1) is 0 Å². The standard InChI is InChI=1S/C29H23BN2S/c1-29(2,3)20-16-25-27-26(17-20)33-28-19(18-31)10-9-14-23(28)30(27)22-13-7-8-15-24(22)32(25)21-11-5-4-6-12-21/h4-17H,1-3H3. The van der Waals surface area contributed by atoms with Gasteiger partial charge in [0.25, 0.3) is 0 Å². The lowest BCUT2D eigenvalue weighted by Crippen LogP contribution is -2.60. The molecule has 4 aromatic rings. The van der Waals surface area contributed by atoms with Gasteiger partial charge in [0.1, 0.15) is 6.07 Å². The number of nitrogens with zero attached hydrogens (tertiary/aromatic N) is 2. The van der Waals surface area contributed by atoms with Crippen LogP contribution in [0.3, 0.4) is 0 Å². The highest BCUT2D eigenvalue weighted by Gasteiger charge is 2.42. The molecule has 0 radical (unpaired) electrons. The van der Waals surface area contributed by atoms with Crippen LogP contribution < -0.4 is 21.3 Å². The van der Waals surface area contributed by atoms with E-state index in [1.54, 1.807) is 11.8 Å². The first-order valence-corrected chi connectivity index (χ1v) is 12.1. The summed E-state index contributed by atoms with van der Waals surface area (Å²) in [4.78, 5) is 4.77. The minimum Gasteiger partial charge on any atom is -0.311 e. The van der Waals surface area contributed by atoms with Crippen molar-refractivity contribution in [2.45, 2.75) is 36.0 Å². The topological polar surface area (TPSA) is 27.0 Å². The number of fused-ring (bicyclic) bond motifs is 4. The van der Waals surface area contributed by atoms with Crippen molar-refractivity contribution in [3.63, 3.8) is 0 Å². The molecule has 0 saturated carbocycles. The highest BCUT2D eigenvalue weighted by atomic mass is 32.2. The van der Waals surface area contributed by atoms with E-state index in [0.717, 1.165) is 10.5 Å². The van der Waals surface area contributed by atoms with Gasteiger partial charge in [0, 0.05) is 26.9 Å². The lowest BCUT2D eigenvalue weighted by atomic mass is 9.34. The van der Waals surface area contributed by atoms with E-state index in [1.807, 2.05) is 12.1 Å². The van der Waals surface area contributed by atoms with E-state index in [1.165, 1.54) is 43.9 Å². The molecule has 4 aromatic carbocycles. The van der Waals surface area contributed by atoms with E-state index < -0.39 is 0 Å². The minimum atomic E-state index is 0.00985. The average molecular weight is 442 g/mol. The summed E-state index contributed by atoms with van der Waals surface area (Å²) in [6, 6.07) is 32.7. The van der Waals surface area contributed by atoms with Crippen molar-refractivity contribution in [2.24, 2.45) is 0 Å². The number of benzene rings is 4. The molecule has 2 aliphatic heterocycles. The van der Waals surface area contributed by atoms with Gasteiger partial charge >= 0.3 is 0 Å². The van der Waals surface area contributed by atoms with Gasteiger partial charge in [-0.3, -0.25) is 0 Å². The Bertz CT molecular complexity index is 1450. The van der Waals surface area contributed by atoms with Crippen LogP contribution in [0.2, 0.25) is 0 Å². The lowest BCUT2D eigenvalue weighted by molar-refractivity contribution is 0.589. The van der Waals surface area contributed by atoms with Crippen LogP contribution in [0.15, 0.2) is 94.7 Å². The summed E-state index contributed by atoms with van der Waals surface area (Å²) in [6.45, 7) is 6.92. The highest BCUT2D eigenvalue weighted by molar-refractivity contribution is 8.00. The van der Waals surface area contributed by atoms with Crippen LogP contribution in [0.1, 0.15) is 31.9 Å². The van der Waals surface area contributed by atoms with E-state index in [0.29, 0.717) is 0 Å². The maximum Gasteiger partial charge on any atom is 0.249 e. The molecule has 4 heteroatoms. The van der Waals surface area contributed by atoms with Crippen molar-refractivity contribution < 1.29 is 0 Å². The van der Waals surface area contributed by atoms with Crippen molar-refractivity contribution >= 4 is 51.9 Å². The monoisotopic (exact) mass is 442 g/mol. The lowest BCUT2D eigenvalue weighted by Gasteiger charge is -2.41. The van der Waals surface area contributed by atoms with Gasteiger partial charge in [-0.2, -0.15) is 5.26 Å². The summed E-state index contributed by atoms with van der Waals surface area (Å²) in [5.74, 6) is 0. The molecular weight excluding hydrogens is 419 g/mol. The third-order valence-electron chi connectivity index (χ3n) is 6.71. The van der Waals surface area contributed by atoms with Gasteiger partial charge in [0.2, 0.25) is 6.71 Å². The van der Waals surface area contributed by atoms with Crippen LogP contribution in [0.25, 0.3) is 0 Å².